The lowest BCUT2D eigenvalue weighted by Gasteiger charge is -2.22. The Bertz CT molecular complexity index is 426. The van der Waals surface area contributed by atoms with Crippen molar-refractivity contribution in [3.63, 3.8) is 0 Å². The zero-order valence-corrected chi connectivity index (χ0v) is 12.5. The summed E-state index contributed by atoms with van der Waals surface area (Å²) in [5.41, 5.74) is -0.274. The maximum atomic E-state index is 9.75. The predicted octanol–water partition coefficient (Wildman–Crippen LogP) is 0.721. The normalized spacial score (nSPS) is 15.7. The van der Waals surface area contributed by atoms with Crippen LogP contribution in [-0.2, 0) is 0 Å². The molecule has 114 valence electrons. The molecule has 20 heavy (non-hydrogen) atoms. The summed E-state index contributed by atoms with van der Waals surface area (Å²) in [6.07, 6.45) is -0.708. The Labute approximate surface area is 124 Å². The lowest BCUT2D eigenvalue weighted by molar-refractivity contribution is -0.000326. The molecule has 0 saturated heterocycles. The van der Waals surface area contributed by atoms with Crippen molar-refractivity contribution in [3.05, 3.63) is 28.8 Å². The first-order valence-electron chi connectivity index (χ1n) is 6.45. The van der Waals surface area contributed by atoms with Gasteiger partial charge in [0, 0.05) is 18.1 Å². The molecule has 2 atom stereocenters. The molecule has 0 heterocycles. The minimum atomic E-state index is -1.19. The van der Waals surface area contributed by atoms with E-state index in [1.165, 1.54) is 6.92 Å². The number of rotatable bonds is 8. The van der Waals surface area contributed by atoms with Gasteiger partial charge in [0.1, 0.15) is 18.5 Å². The second-order valence-electron chi connectivity index (χ2n) is 5.16. The molecule has 1 aromatic carbocycles. The quantitative estimate of drug-likeness (QED) is 0.569. The Hall–Kier alpha value is -0.850. The molecule has 6 heteroatoms. The van der Waals surface area contributed by atoms with Gasteiger partial charge >= 0.3 is 0 Å². The fourth-order valence-corrected chi connectivity index (χ4v) is 1.64. The summed E-state index contributed by atoms with van der Waals surface area (Å²) < 4.78 is 5.45. The molecular weight excluding hydrogens is 282 g/mol. The topological polar surface area (TPSA) is 82.0 Å². The molecule has 0 bridgehead atoms. The van der Waals surface area contributed by atoms with E-state index in [-0.39, 0.29) is 26.3 Å². The minimum absolute atomic E-state index is 0.134. The van der Waals surface area contributed by atoms with E-state index in [1.54, 1.807) is 18.2 Å². The second-order valence-corrected chi connectivity index (χ2v) is 5.57. The Morgan fingerprint density at radius 2 is 2.15 bits per heavy atom. The smallest absolute Gasteiger partial charge is 0.119 e. The highest BCUT2D eigenvalue weighted by atomic mass is 35.5. The van der Waals surface area contributed by atoms with Crippen molar-refractivity contribution in [2.24, 2.45) is 0 Å². The van der Waals surface area contributed by atoms with Crippen molar-refractivity contribution in [1.82, 2.24) is 5.32 Å². The van der Waals surface area contributed by atoms with E-state index < -0.39 is 11.7 Å². The average molecular weight is 304 g/mol. The van der Waals surface area contributed by atoms with E-state index in [2.05, 4.69) is 5.32 Å². The van der Waals surface area contributed by atoms with Gasteiger partial charge in [-0.25, -0.2) is 0 Å². The summed E-state index contributed by atoms with van der Waals surface area (Å²) in [7, 11) is 0. The van der Waals surface area contributed by atoms with Gasteiger partial charge in [0.15, 0.2) is 0 Å². The number of aliphatic hydroxyl groups excluding tert-OH is 2. The van der Waals surface area contributed by atoms with Crippen LogP contribution in [0.3, 0.4) is 0 Å². The number of ether oxygens (including phenoxy) is 1. The van der Waals surface area contributed by atoms with Gasteiger partial charge in [-0.05, 0) is 37.6 Å². The molecule has 0 fully saturated rings. The monoisotopic (exact) mass is 303 g/mol. The maximum absolute atomic E-state index is 9.75. The van der Waals surface area contributed by atoms with Crippen LogP contribution < -0.4 is 10.1 Å². The molecule has 4 N–H and O–H groups in total. The predicted molar refractivity (Wildman–Crippen MR) is 78.3 cm³/mol. The molecule has 0 aliphatic heterocycles. The molecule has 0 radical (unpaired) electrons. The zero-order chi connectivity index (χ0) is 15.2. The molecule has 2 unspecified atom stereocenters. The third-order valence-corrected chi connectivity index (χ3v) is 3.22. The standard InChI is InChI=1S/C14H22ClNO4/c1-10-5-12(3-4-13(10)15)20-7-11(18)6-16-8-14(2,19)9-17/h3-5,11,16-19H,6-9H2,1-2H3. The Balaban J connectivity index is 2.29. The Kier molecular flexibility index (Phi) is 6.71. The first-order chi connectivity index (χ1) is 9.34. The van der Waals surface area contributed by atoms with Crippen LogP contribution in [0.5, 0.6) is 5.75 Å². The number of hydrogen-bond donors (Lipinski definition) is 4. The number of benzene rings is 1. The van der Waals surface area contributed by atoms with E-state index in [0.29, 0.717) is 10.8 Å². The van der Waals surface area contributed by atoms with Crippen LogP contribution in [0.2, 0.25) is 5.02 Å². The number of hydrogen-bond acceptors (Lipinski definition) is 5. The van der Waals surface area contributed by atoms with Crippen molar-refractivity contribution in [2.75, 3.05) is 26.3 Å². The molecule has 1 rings (SSSR count). The molecule has 0 spiro atoms. The fraction of sp³-hybridized carbons (Fsp3) is 0.571. The van der Waals surface area contributed by atoms with E-state index >= 15 is 0 Å². The van der Waals surface area contributed by atoms with Crippen molar-refractivity contribution in [2.45, 2.75) is 25.6 Å². The second kappa shape index (κ2) is 7.81. The van der Waals surface area contributed by atoms with Crippen LogP contribution >= 0.6 is 11.6 Å². The van der Waals surface area contributed by atoms with E-state index in [4.69, 9.17) is 21.4 Å². The first kappa shape index (κ1) is 17.2. The molecule has 0 aliphatic carbocycles. The van der Waals surface area contributed by atoms with Gasteiger partial charge in [0.2, 0.25) is 0 Å². The third kappa shape index (κ3) is 6.07. The lowest BCUT2D eigenvalue weighted by Crippen LogP contribution is -2.44. The van der Waals surface area contributed by atoms with Crippen LogP contribution in [0.1, 0.15) is 12.5 Å². The highest BCUT2D eigenvalue weighted by Crippen LogP contribution is 2.21. The molecule has 0 amide bonds. The number of aryl methyl sites for hydroxylation is 1. The SMILES string of the molecule is Cc1cc(OCC(O)CNCC(C)(O)CO)ccc1Cl. The van der Waals surface area contributed by atoms with E-state index in [1.807, 2.05) is 6.92 Å². The molecular formula is C14H22ClNO4. The van der Waals surface area contributed by atoms with Crippen LogP contribution in [-0.4, -0.2) is 53.3 Å². The summed E-state index contributed by atoms with van der Waals surface area (Å²) in [4.78, 5) is 0. The largest absolute Gasteiger partial charge is 0.491 e. The van der Waals surface area contributed by atoms with Gasteiger partial charge < -0.3 is 25.4 Å². The fourth-order valence-electron chi connectivity index (χ4n) is 1.52. The van der Waals surface area contributed by atoms with Crippen molar-refractivity contribution in [1.29, 1.82) is 0 Å². The van der Waals surface area contributed by atoms with Crippen molar-refractivity contribution < 1.29 is 20.1 Å². The van der Waals surface area contributed by atoms with E-state index in [0.717, 1.165) is 5.56 Å². The lowest BCUT2D eigenvalue weighted by atomic mass is 10.1. The molecule has 0 aliphatic rings. The molecule has 0 aromatic heterocycles. The highest BCUT2D eigenvalue weighted by molar-refractivity contribution is 6.31. The minimum Gasteiger partial charge on any atom is -0.491 e. The molecule has 0 saturated carbocycles. The number of halogens is 1. The van der Waals surface area contributed by atoms with Crippen LogP contribution in [0.25, 0.3) is 0 Å². The van der Waals surface area contributed by atoms with Gasteiger partial charge in [-0.3, -0.25) is 0 Å². The van der Waals surface area contributed by atoms with Crippen LogP contribution in [0, 0.1) is 6.92 Å². The van der Waals surface area contributed by atoms with Crippen molar-refractivity contribution in [3.8, 4) is 5.75 Å². The third-order valence-electron chi connectivity index (χ3n) is 2.80. The molecule has 1 aromatic rings. The summed E-state index contributed by atoms with van der Waals surface area (Å²) >= 11 is 5.91. The summed E-state index contributed by atoms with van der Waals surface area (Å²) in [5, 5.41) is 31.7. The summed E-state index contributed by atoms with van der Waals surface area (Å²) in [6.45, 7) is 3.65. The summed E-state index contributed by atoms with van der Waals surface area (Å²) in [6, 6.07) is 5.29. The Morgan fingerprint density at radius 1 is 1.45 bits per heavy atom. The van der Waals surface area contributed by atoms with Crippen molar-refractivity contribution >= 4 is 11.6 Å². The Morgan fingerprint density at radius 3 is 2.75 bits per heavy atom. The number of aliphatic hydroxyl groups is 3. The van der Waals surface area contributed by atoms with Crippen LogP contribution in [0.15, 0.2) is 18.2 Å². The highest BCUT2D eigenvalue weighted by Gasteiger charge is 2.18. The average Bonchev–Trinajstić information content (AvgIpc) is 2.40. The zero-order valence-electron chi connectivity index (χ0n) is 11.8. The molecule has 5 nitrogen and oxygen atoms in total. The van der Waals surface area contributed by atoms with Gasteiger partial charge in [0.25, 0.3) is 0 Å². The van der Waals surface area contributed by atoms with Gasteiger partial charge in [-0.15, -0.1) is 0 Å². The van der Waals surface area contributed by atoms with Crippen LogP contribution in [0.4, 0.5) is 0 Å². The van der Waals surface area contributed by atoms with Gasteiger partial charge in [-0.2, -0.15) is 0 Å². The maximum Gasteiger partial charge on any atom is 0.119 e. The number of nitrogens with one attached hydrogen (secondary N) is 1. The van der Waals surface area contributed by atoms with E-state index in [9.17, 15) is 10.2 Å². The van der Waals surface area contributed by atoms with Gasteiger partial charge in [-0.1, -0.05) is 11.6 Å². The first-order valence-corrected chi connectivity index (χ1v) is 6.83. The summed E-state index contributed by atoms with van der Waals surface area (Å²) in [5.74, 6) is 0.647. The van der Waals surface area contributed by atoms with Gasteiger partial charge in [0.05, 0.1) is 12.2 Å².